The molecule has 0 radical (unpaired) electrons. The van der Waals surface area contributed by atoms with Gasteiger partial charge in [-0.15, -0.1) is 11.3 Å². The molecule has 0 saturated heterocycles. The molecular weight excluding hydrogens is 308 g/mol. The number of aryl methyl sites for hydroxylation is 1. The van der Waals surface area contributed by atoms with E-state index in [9.17, 15) is 13.2 Å². The molecular formula is C14H16N2O3S2. The Morgan fingerprint density at radius 1 is 1.29 bits per heavy atom. The molecule has 112 valence electrons. The highest BCUT2D eigenvalue weighted by atomic mass is 32.2. The summed E-state index contributed by atoms with van der Waals surface area (Å²) in [7, 11) is -3.36. The maximum atomic E-state index is 12.0. The number of thiazole rings is 1. The summed E-state index contributed by atoms with van der Waals surface area (Å²) in [5.74, 6) is -0.405. The molecule has 1 N–H and O–H groups in total. The van der Waals surface area contributed by atoms with Crippen molar-refractivity contribution in [3.05, 3.63) is 46.4 Å². The predicted octanol–water partition coefficient (Wildman–Crippen LogP) is 1.91. The Balaban J connectivity index is 1.91. The Bertz CT molecular complexity index is 709. The standard InChI is InChI=1S/C14H16N2O3S2/c1-2-13-16-10-12(20-13)14(17)15-8-9-21(18,19)11-6-4-3-5-7-11/h3-7,10H,2,8-9H2,1H3,(H,15,17). The van der Waals surface area contributed by atoms with Crippen molar-refractivity contribution < 1.29 is 13.2 Å². The van der Waals surface area contributed by atoms with Crippen LogP contribution in [0.15, 0.2) is 41.4 Å². The monoisotopic (exact) mass is 324 g/mol. The highest BCUT2D eigenvalue weighted by Crippen LogP contribution is 2.13. The zero-order chi connectivity index (χ0) is 15.3. The number of amides is 1. The van der Waals surface area contributed by atoms with Crippen molar-refractivity contribution in [3.63, 3.8) is 0 Å². The van der Waals surface area contributed by atoms with Gasteiger partial charge in [-0.1, -0.05) is 25.1 Å². The molecule has 0 aliphatic carbocycles. The molecule has 21 heavy (non-hydrogen) atoms. The van der Waals surface area contributed by atoms with Gasteiger partial charge >= 0.3 is 0 Å². The highest BCUT2D eigenvalue weighted by Gasteiger charge is 2.15. The second-order valence-electron chi connectivity index (χ2n) is 4.36. The fraction of sp³-hybridized carbons (Fsp3) is 0.286. The lowest BCUT2D eigenvalue weighted by molar-refractivity contribution is 0.0960. The van der Waals surface area contributed by atoms with Crippen molar-refractivity contribution in [2.24, 2.45) is 0 Å². The highest BCUT2D eigenvalue weighted by molar-refractivity contribution is 7.91. The van der Waals surface area contributed by atoms with Crippen molar-refractivity contribution in [2.75, 3.05) is 12.3 Å². The van der Waals surface area contributed by atoms with Gasteiger partial charge in [-0.3, -0.25) is 4.79 Å². The number of benzene rings is 1. The van der Waals surface area contributed by atoms with Crippen molar-refractivity contribution in [2.45, 2.75) is 18.2 Å². The zero-order valence-corrected chi connectivity index (χ0v) is 13.2. The van der Waals surface area contributed by atoms with E-state index in [1.54, 1.807) is 30.3 Å². The lowest BCUT2D eigenvalue weighted by Crippen LogP contribution is -2.28. The second-order valence-corrected chi connectivity index (χ2v) is 7.58. The average Bonchev–Trinajstić information content (AvgIpc) is 2.97. The Kier molecular flexibility index (Phi) is 5.08. The summed E-state index contributed by atoms with van der Waals surface area (Å²) in [4.78, 5) is 16.7. The SMILES string of the molecule is CCc1ncc(C(=O)NCCS(=O)(=O)c2ccccc2)s1. The van der Waals surface area contributed by atoms with Crippen LogP contribution in [0.2, 0.25) is 0 Å². The lowest BCUT2D eigenvalue weighted by atomic mass is 10.4. The van der Waals surface area contributed by atoms with Crippen LogP contribution in [0.5, 0.6) is 0 Å². The third-order valence-electron chi connectivity index (χ3n) is 2.84. The van der Waals surface area contributed by atoms with E-state index in [2.05, 4.69) is 10.3 Å². The first-order valence-corrected chi connectivity index (χ1v) is 9.00. The minimum Gasteiger partial charge on any atom is -0.350 e. The maximum absolute atomic E-state index is 12.0. The van der Waals surface area contributed by atoms with Gasteiger partial charge in [0.15, 0.2) is 9.84 Å². The normalized spacial score (nSPS) is 11.3. The molecule has 0 spiro atoms. The lowest BCUT2D eigenvalue weighted by Gasteiger charge is -2.05. The van der Waals surface area contributed by atoms with E-state index in [1.165, 1.54) is 17.5 Å². The Hall–Kier alpha value is -1.73. The molecule has 0 aliphatic heterocycles. The molecule has 1 heterocycles. The third-order valence-corrected chi connectivity index (χ3v) is 5.71. The van der Waals surface area contributed by atoms with Gasteiger partial charge in [0.1, 0.15) is 4.88 Å². The van der Waals surface area contributed by atoms with Crippen LogP contribution in [0.4, 0.5) is 0 Å². The summed E-state index contributed by atoms with van der Waals surface area (Å²) in [6.07, 6.45) is 2.30. The Morgan fingerprint density at radius 3 is 2.62 bits per heavy atom. The van der Waals surface area contributed by atoms with Gasteiger partial charge in [0.2, 0.25) is 0 Å². The predicted molar refractivity (Wildman–Crippen MR) is 82.3 cm³/mol. The molecule has 0 saturated carbocycles. The molecule has 2 rings (SSSR count). The summed E-state index contributed by atoms with van der Waals surface area (Å²) in [5.41, 5.74) is 0. The number of carbonyl (C=O) groups is 1. The van der Waals surface area contributed by atoms with Crippen LogP contribution in [0, 0.1) is 0 Å². The number of sulfone groups is 1. The average molecular weight is 324 g/mol. The number of hydrogen-bond donors (Lipinski definition) is 1. The quantitative estimate of drug-likeness (QED) is 0.880. The van der Waals surface area contributed by atoms with Crippen LogP contribution in [-0.2, 0) is 16.3 Å². The molecule has 0 fully saturated rings. The zero-order valence-electron chi connectivity index (χ0n) is 11.6. The minimum absolute atomic E-state index is 0.0788. The topological polar surface area (TPSA) is 76.1 Å². The van der Waals surface area contributed by atoms with Gasteiger partial charge in [0.05, 0.1) is 21.9 Å². The third kappa shape index (κ3) is 4.12. The van der Waals surface area contributed by atoms with Gasteiger partial charge in [-0.2, -0.15) is 0 Å². The molecule has 0 atom stereocenters. The number of hydrogen-bond acceptors (Lipinski definition) is 5. The molecule has 5 nitrogen and oxygen atoms in total. The molecule has 1 amide bonds. The van der Waals surface area contributed by atoms with E-state index in [-0.39, 0.29) is 23.1 Å². The summed E-state index contributed by atoms with van der Waals surface area (Å²) in [5, 5.41) is 3.50. The van der Waals surface area contributed by atoms with Crippen molar-refractivity contribution in [1.29, 1.82) is 0 Å². The summed E-state index contributed by atoms with van der Waals surface area (Å²) in [6, 6.07) is 8.21. The largest absolute Gasteiger partial charge is 0.350 e. The second kappa shape index (κ2) is 6.82. The van der Waals surface area contributed by atoms with E-state index in [4.69, 9.17) is 0 Å². The van der Waals surface area contributed by atoms with Crippen LogP contribution in [0.3, 0.4) is 0 Å². The van der Waals surface area contributed by atoms with Crippen molar-refractivity contribution in [3.8, 4) is 0 Å². The Morgan fingerprint density at radius 2 is 2.00 bits per heavy atom. The molecule has 7 heteroatoms. The fourth-order valence-corrected chi connectivity index (χ4v) is 3.66. The first-order chi connectivity index (χ1) is 10.0. The minimum atomic E-state index is -3.36. The van der Waals surface area contributed by atoms with Gasteiger partial charge < -0.3 is 5.32 Å². The van der Waals surface area contributed by atoms with E-state index >= 15 is 0 Å². The molecule has 0 aliphatic rings. The van der Waals surface area contributed by atoms with Crippen molar-refractivity contribution in [1.82, 2.24) is 10.3 Å². The van der Waals surface area contributed by atoms with Crippen molar-refractivity contribution >= 4 is 27.1 Å². The summed E-state index contributed by atoms with van der Waals surface area (Å²) >= 11 is 1.32. The molecule has 0 bridgehead atoms. The molecule has 0 unspecified atom stereocenters. The molecule has 2 aromatic rings. The molecule has 1 aromatic heterocycles. The number of aromatic nitrogens is 1. The summed E-state index contributed by atoms with van der Waals surface area (Å²) in [6.45, 7) is 2.04. The van der Waals surface area contributed by atoms with Gasteiger partial charge in [0.25, 0.3) is 5.91 Å². The van der Waals surface area contributed by atoms with Crippen LogP contribution < -0.4 is 5.32 Å². The van der Waals surface area contributed by atoms with Gasteiger partial charge in [-0.25, -0.2) is 13.4 Å². The van der Waals surface area contributed by atoms with E-state index in [1.807, 2.05) is 6.92 Å². The van der Waals surface area contributed by atoms with E-state index in [0.29, 0.717) is 4.88 Å². The van der Waals surface area contributed by atoms with Gasteiger partial charge in [0, 0.05) is 6.54 Å². The first-order valence-electron chi connectivity index (χ1n) is 6.53. The van der Waals surface area contributed by atoms with Gasteiger partial charge in [-0.05, 0) is 18.6 Å². The molecule has 1 aromatic carbocycles. The van der Waals surface area contributed by atoms with Crippen LogP contribution in [-0.4, -0.2) is 31.6 Å². The van der Waals surface area contributed by atoms with Crippen LogP contribution in [0.25, 0.3) is 0 Å². The first kappa shape index (κ1) is 15.7. The van der Waals surface area contributed by atoms with Crippen LogP contribution >= 0.6 is 11.3 Å². The van der Waals surface area contributed by atoms with E-state index < -0.39 is 9.84 Å². The fourth-order valence-electron chi connectivity index (χ4n) is 1.71. The maximum Gasteiger partial charge on any atom is 0.263 e. The van der Waals surface area contributed by atoms with Crippen LogP contribution in [0.1, 0.15) is 21.6 Å². The Labute approximate surface area is 128 Å². The number of rotatable bonds is 6. The smallest absolute Gasteiger partial charge is 0.263 e. The number of nitrogens with zero attached hydrogens (tertiary/aromatic N) is 1. The summed E-state index contributed by atoms with van der Waals surface area (Å²) < 4.78 is 24.1. The number of nitrogens with one attached hydrogen (secondary N) is 1. The van der Waals surface area contributed by atoms with E-state index in [0.717, 1.165) is 11.4 Å². The number of carbonyl (C=O) groups excluding carboxylic acids is 1.